The highest BCUT2D eigenvalue weighted by atomic mass is 19.2. The molecule has 0 radical (unpaired) electrons. The molecule has 0 saturated carbocycles. The molecule has 1 heterocycles. The van der Waals surface area contributed by atoms with Crippen LogP contribution < -0.4 is 5.32 Å². The summed E-state index contributed by atoms with van der Waals surface area (Å²) in [5.74, 6) is -0.858. The maximum absolute atomic E-state index is 13.4. The van der Waals surface area contributed by atoms with E-state index in [1.807, 2.05) is 13.0 Å². The number of halogens is 2. The Morgan fingerprint density at radius 3 is 2.76 bits per heavy atom. The van der Waals surface area contributed by atoms with E-state index in [-0.39, 0.29) is 12.6 Å². The summed E-state index contributed by atoms with van der Waals surface area (Å²) in [4.78, 5) is 0. The van der Waals surface area contributed by atoms with Crippen molar-refractivity contribution in [2.24, 2.45) is 0 Å². The largest absolute Gasteiger partial charge is 0.468 e. The summed E-state index contributed by atoms with van der Waals surface area (Å²) in [6.07, 6.45) is 1.58. The van der Waals surface area contributed by atoms with Crippen molar-refractivity contribution in [1.29, 1.82) is 0 Å². The minimum atomic E-state index is -0.824. The number of benzene rings is 1. The standard InChI is InChI=1S/C13H13F2NO/c1-9(12-6-3-7-17-12)16-8-10-4-2-5-11(14)13(10)15/h2-7,9,16H,8H2,1H3/t9-/m0/s1. The van der Waals surface area contributed by atoms with Crippen LogP contribution in [0.15, 0.2) is 41.0 Å². The molecule has 0 aliphatic heterocycles. The van der Waals surface area contributed by atoms with Crippen molar-refractivity contribution in [2.75, 3.05) is 0 Å². The Hall–Kier alpha value is -1.68. The van der Waals surface area contributed by atoms with Gasteiger partial charge in [0.25, 0.3) is 0 Å². The van der Waals surface area contributed by atoms with Crippen LogP contribution in [0.25, 0.3) is 0 Å². The molecule has 1 N–H and O–H groups in total. The second-order valence-corrected chi connectivity index (χ2v) is 3.83. The summed E-state index contributed by atoms with van der Waals surface area (Å²) in [7, 11) is 0. The lowest BCUT2D eigenvalue weighted by Crippen LogP contribution is -2.18. The highest BCUT2D eigenvalue weighted by Crippen LogP contribution is 2.15. The van der Waals surface area contributed by atoms with Crippen LogP contribution in [0.4, 0.5) is 8.78 Å². The van der Waals surface area contributed by atoms with E-state index in [1.165, 1.54) is 6.07 Å². The highest BCUT2D eigenvalue weighted by molar-refractivity contribution is 5.19. The molecular weight excluding hydrogens is 224 g/mol. The lowest BCUT2D eigenvalue weighted by Gasteiger charge is -2.11. The van der Waals surface area contributed by atoms with Gasteiger partial charge in [0.15, 0.2) is 11.6 Å². The zero-order valence-corrected chi connectivity index (χ0v) is 9.41. The average Bonchev–Trinajstić information content (AvgIpc) is 2.84. The van der Waals surface area contributed by atoms with Gasteiger partial charge in [0.2, 0.25) is 0 Å². The quantitative estimate of drug-likeness (QED) is 0.881. The van der Waals surface area contributed by atoms with Gasteiger partial charge in [0.1, 0.15) is 5.76 Å². The summed E-state index contributed by atoms with van der Waals surface area (Å²) < 4.78 is 31.5. The van der Waals surface area contributed by atoms with Gasteiger partial charge < -0.3 is 9.73 Å². The Bertz CT molecular complexity index is 482. The minimum Gasteiger partial charge on any atom is -0.468 e. The molecule has 0 saturated heterocycles. The first-order valence-corrected chi connectivity index (χ1v) is 5.38. The third-order valence-electron chi connectivity index (χ3n) is 2.60. The van der Waals surface area contributed by atoms with Gasteiger partial charge in [0.05, 0.1) is 12.3 Å². The molecule has 0 aliphatic rings. The SMILES string of the molecule is C[C@H](NCc1cccc(F)c1F)c1ccco1. The van der Waals surface area contributed by atoms with Crippen LogP contribution in [0.5, 0.6) is 0 Å². The normalized spacial score (nSPS) is 12.6. The van der Waals surface area contributed by atoms with Crippen molar-refractivity contribution in [1.82, 2.24) is 5.32 Å². The molecule has 17 heavy (non-hydrogen) atoms. The average molecular weight is 237 g/mol. The predicted molar refractivity (Wildman–Crippen MR) is 60.3 cm³/mol. The number of rotatable bonds is 4. The van der Waals surface area contributed by atoms with Gasteiger partial charge in [-0.15, -0.1) is 0 Å². The van der Waals surface area contributed by atoms with E-state index >= 15 is 0 Å². The van der Waals surface area contributed by atoms with Gasteiger partial charge in [-0.05, 0) is 25.1 Å². The van der Waals surface area contributed by atoms with Gasteiger partial charge in [-0.2, -0.15) is 0 Å². The van der Waals surface area contributed by atoms with E-state index in [1.54, 1.807) is 18.4 Å². The molecule has 2 aromatic rings. The number of hydrogen-bond acceptors (Lipinski definition) is 2. The van der Waals surface area contributed by atoms with Crippen molar-refractivity contribution in [3.8, 4) is 0 Å². The Morgan fingerprint density at radius 1 is 1.24 bits per heavy atom. The molecule has 0 aliphatic carbocycles. The fourth-order valence-electron chi connectivity index (χ4n) is 1.59. The molecule has 4 heteroatoms. The van der Waals surface area contributed by atoms with E-state index in [2.05, 4.69) is 5.32 Å². The third-order valence-corrected chi connectivity index (χ3v) is 2.60. The van der Waals surface area contributed by atoms with Crippen LogP contribution in [0.1, 0.15) is 24.3 Å². The number of nitrogens with one attached hydrogen (secondary N) is 1. The number of furan rings is 1. The molecule has 2 nitrogen and oxygen atoms in total. The predicted octanol–water partition coefficient (Wildman–Crippen LogP) is 3.41. The molecule has 90 valence electrons. The van der Waals surface area contributed by atoms with Crippen LogP contribution in [-0.2, 0) is 6.54 Å². The van der Waals surface area contributed by atoms with Gasteiger partial charge in [-0.25, -0.2) is 8.78 Å². The Labute approximate surface area is 98.3 Å². The van der Waals surface area contributed by atoms with Crippen molar-refractivity contribution in [3.63, 3.8) is 0 Å². The molecule has 2 rings (SSSR count). The fourth-order valence-corrected chi connectivity index (χ4v) is 1.59. The lowest BCUT2D eigenvalue weighted by molar-refractivity contribution is 0.423. The zero-order chi connectivity index (χ0) is 12.3. The molecule has 0 fully saturated rings. The first-order valence-electron chi connectivity index (χ1n) is 5.38. The summed E-state index contributed by atoms with van der Waals surface area (Å²) in [6, 6.07) is 7.73. The van der Waals surface area contributed by atoms with E-state index in [0.717, 1.165) is 11.8 Å². The van der Waals surface area contributed by atoms with E-state index in [4.69, 9.17) is 4.42 Å². The second-order valence-electron chi connectivity index (χ2n) is 3.83. The summed E-state index contributed by atoms with van der Waals surface area (Å²) in [6.45, 7) is 2.15. The van der Waals surface area contributed by atoms with Gasteiger partial charge in [0, 0.05) is 12.1 Å². The fraction of sp³-hybridized carbons (Fsp3) is 0.231. The molecule has 1 aromatic heterocycles. The Morgan fingerprint density at radius 2 is 2.06 bits per heavy atom. The Balaban J connectivity index is 2.00. The second kappa shape index (κ2) is 5.10. The van der Waals surface area contributed by atoms with Crippen LogP contribution in [-0.4, -0.2) is 0 Å². The smallest absolute Gasteiger partial charge is 0.163 e. The molecule has 1 aromatic carbocycles. The van der Waals surface area contributed by atoms with E-state index in [0.29, 0.717) is 5.56 Å². The maximum Gasteiger partial charge on any atom is 0.163 e. The monoisotopic (exact) mass is 237 g/mol. The van der Waals surface area contributed by atoms with Crippen LogP contribution in [0.3, 0.4) is 0 Å². The van der Waals surface area contributed by atoms with E-state index < -0.39 is 11.6 Å². The van der Waals surface area contributed by atoms with Crippen molar-refractivity contribution < 1.29 is 13.2 Å². The Kier molecular flexibility index (Phi) is 3.54. The van der Waals surface area contributed by atoms with E-state index in [9.17, 15) is 8.78 Å². The van der Waals surface area contributed by atoms with Crippen LogP contribution in [0, 0.1) is 11.6 Å². The van der Waals surface area contributed by atoms with Crippen LogP contribution in [0.2, 0.25) is 0 Å². The van der Waals surface area contributed by atoms with Gasteiger partial charge in [-0.3, -0.25) is 0 Å². The summed E-state index contributed by atoms with van der Waals surface area (Å²) >= 11 is 0. The summed E-state index contributed by atoms with van der Waals surface area (Å²) in [5, 5.41) is 3.07. The van der Waals surface area contributed by atoms with Crippen LogP contribution >= 0.6 is 0 Å². The molecule has 0 amide bonds. The lowest BCUT2D eigenvalue weighted by atomic mass is 10.2. The highest BCUT2D eigenvalue weighted by Gasteiger charge is 2.11. The molecule has 0 unspecified atom stereocenters. The van der Waals surface area contributed by atoms with Crippen molar-refractivity contribution in [3.05, 3.63) is 59.6 Å². The van der Waals surface area contributed by atoms with Gasteiger partial charge >= 0.3 is 0 Å². The first-order chi connectivity index (χ1) is 8.18. The topological polar surface area (TPSA) is 25.2 Å². The molecular formula is C13H13F2NO. The molecule has 0 spiro atoms. The zero-order valence-electron chi connectivity index (χ0n) is 9.41. The van der Waals surface area contributed by atoms with Crippen molar-refractivity contribution >= 4 is 0 Å². The molecule has 1 atom stereocenters. The number of hydrogen-bond donors (Lipinski definition) is 1. The minimum absolute atomic E-state index is 0.0485. The van der Waals surface area contributed by atoms with Gasteiger partial charge in [-0.1, -0.05) is 12.1 Å². The maximum atomic E-state index is 13.4. The molecule has 0 bridgehead atoms. The van der Waals surface area contributed by atoms with Crippen molar-refractivity contribution in [2.45, 2.75) is 19.5 Å². The summed E-state index contributed by atoms with van der Waals surface area (Å²) in [5.41, 5.74) is 0.309. The first kappa shape index (κ1) is 11.8. The third kappa shape index (κ3) is 2.71.